The minimum absolute atomic E-state index is 0.875. The second-order valence-corrected chi connectivity index (χ2v) is 14.5. The van der Waals surface area contributed by atoms with Crippen LogP contribution in [0.3, 0.4) is 0 Å². The van der Waals surface area contributed by atoms with Gasteiger partial charge in [-0.05, 0) is 93.9 Å². The molecule has 0 N–H and O–H groups in total. The predicted octanol–water partition coefficient (Wildman–Crippen LogP) is 14.1. The molecule has 1 aliphatic rings. The summed E-state index contributed by atoms with van der Waals surface area (Å²) in [5.41, 5.74) is 14.0. The highest BCUT2D eigenvalue weighted by atomic mass is 16.5. The summed E-state index contributed by atoms with van der Waals surface area (Å²) < 4.78 is 11.7. The Labute approximate surface area is 317 Å². The molecule has 3 heteroatoms. The molecule has 0 spiro atoms. The molecule has 0 fully saturated rings. The van der Waals surface area contributed by atoms with E-state index in [1.54, 1.807) is 0 Å². The quantitative estimate of drug-likeness (QED) is 0.179. The van der Waals surface area contributed by atoms with E-state index in [4.69, 9.17) is 4.74 Å². The Morgan fingerprint density at radius 3 is 1.69 bits per heavy atom. The second-order valence-electron chi connectivity index (χ2n) is 14.5. The van der Waals surface area contributed by atoms with Gasteiger partial charge in [0.05, 0.1) is 22.1 Å². The zero-order chi connectivity index (χ0) is 36.0. The van der Waals surface area contributed by atoms with Crippen molar-refractivity contribution in [3.63, 3.8) is 0 Å². The van der Waals surface area contributed by atoms with Crippen LogP contribution in [0.15, 0.2) is 194 Å². The lowest BCUT2D eigenvalue weighted by atomic mass is 9.91. The minimum Gasteiger partial charge on any atom is -0.456 e. The van der Waals surface area contributed by atoms with Gasteiger partial charge < -0.3 is 13.9 Å². The first-order valence-corrected chi connectivity index (χ1v) is 18.8. The highest BCUT2D eigenvalue weighted by molar-refractivity contribution is 6.25. The first-order chi connectivity index (χ1) is 27.3. The van der Waals surface area contributed by atoms with Crippen molar-refractivity contribution >= 4 is 54.4 Å². The second kappa shape index (κ2) is 11.6. The smallest absolute Gasteiger partial charge is 0.138 e. The molecular formula is C52H32N2O. The van der Waals surface area contributed by atoms with Crippen molar-refractivity contribution in [1.29, 1.82) is 0 Å². The van der Waals surface area contributed by atoms with E-state index >= 15 is 0 Å². The summed E-state index contributed by atoms with van der Waals surface area (Å²) in [6, 6.07) is 70.0. The molecule has 2 aromatic heterocycles. The number of hydrogen-bond acceptors (Lipinski definition) is 1. The van der Waals surface area contributed by atoms with Crippen LogP contribution in [0.4, 0.5) is 0 Å². The molecule has 11 aromatic rings. The number of nitrogens with zero attached hydrogens (tertiary/aromatic N) is 2. The minimum atomic E-state index is 0.875. The van der Waals surface area contributed by atoms with Crippen molar-refractivity contribution in [2.24, 2.45) is 0 Å². The van der Waals surface area contributed by atoms with Gasteiger partial charge in [-0.25, -0.2) is 0 Å². The van der Waals surface area contributed by atoms with E-state index in [2.05, 4.69) is 203 Å². The van der Waals surface area contributed by atoms with Crippen molar-refractivity contribution < 1.29 is 4.74 Å². The molecule has 9 aromatic carbocycles. The molecule has 256 valence electrons. The van der Waals surface area contributed by atoms with Gasteiger partial charge in [0.1, 0.15) is 11.5 Å². The number of hydrogen-bond donors (Lipinski definition) is 0. The van der Waals surface area contributed by atoms with Crippen LogP contribution in [0.5, 0.6) is 11.5 Å². The number of rotatable bonds is 4. The van der Waals surface area contributed by atoms with Gasteiger partial charge in [0.25, 0.3) is 0 Å². The normalized spacial score (nSPS) is 12.1. The molecule has 0 saturated heterocycles. The highest BCUT2D eigenvalue weighted by Gasteiger charge is 2.25. The van der Waals surface area contributed by atoms with Gasteiger partial charge in [-0.2, -0.15) is 0 Å². The molecule has 0 aliphatic carbocycles. The number of fused-ring (bicyclic) bond motifs is 9. The fraction of sp³-hybridized carbons (Fsp3) is 0. The maximum absolute atomic E-state index is 6.95. The molecule has 12 rings (SSSR count). The van der Waals surface area contributed by atoms with Crippen molar-refractivity contribution in [1.82, 2.24) is 9.13 Å². The molecule has 0 bridgehead atoms. The van der Waals surface area contributed by atoms with Crippen molar-refractivity contribution in [3.8, 4) is 56.3 Å². The van der Waals surface area contributed by atoms with Crippen LogP contribution in [0.25, 0.3) is 99.1 Å². The van der Waals surface area contributed by atoms with Crippen molar-refractivity contribution in [2.45, 2.75) is 0 Å². The van der Waals surface area contributed by atoms with Gasteiger partial charge in [0, 0.05) is 49.9 Å². The molecule has 0 radical (unpaired) electrons. The summed E-state index contributed by atoms with van der Waals surface area (Å²) in [6.07, 6.45) is 0. The summed E-state index contributed by atoms with van der Waals surface area (Å²) in [4.78, 5) is 0. The van der Waals surface area contributed by atoms with Crippen LogP contribution in [-0.2, 0) is 0 Å². The highest BCUT2D eigenvalue weighted by Crippen LogP contribution is 2.51. The zero-order valence-electron chi connectivity index (χ0n) is 29.8. The van der Waals surface area contributed by atoms with Crippen LogP contribution in [-0.4, -0.2) is 9.13 Å². The largest absolute Gasteiger partial charge is 0.456 e. The number of ether oxygens (including phenoxy) is 1. The first-order valence-electron chi connectivity index (χ1n) is 18.8. The third-order valence-corrected chi connectivity index (χ3v) is 11.5. The molecule has 0 unspecified atom stereocenters. The number of benzene rings is 9. The third kappa shape index (κ3) is 4.44. The molecule has 55 heavy (non-hydrogen) atoms. The van der Waals surface area contributed by atoms with E-state index in [1.165, 1.54) is 60.2 Å². The van der Waals surface area contributed by atoms with Crippen molar-refractivity contribution in [2.75, 3.05) is 0 Å². The van der Waals surface area contributed by atoms with Crippen LogP contribution in [0.2, 0.25) is 0 Å². The Bertz CT molecular complexity index is 3320. The van der Waals surface area contributed by atoms with Gasteiger partial charge >= 0.3 is 0 Å². The van der Waals surface area contributed by atoms with E-state index in [1.807, 2.05) is 0 Å². The van der Waals surface area contributed by atoms with Gasteiger partial charge in [-0.15, -0.1) is 0 Å². The summed E-state index contributed by atoms with van der Waals surface area (Å²) in [6.45, 7) is 0. The molecule has 3 nitrogen and oxygen atoms in total. The maximum atomic E-state index is 6.95. The lowest BCUT2D eigenvalue weighted by molar-refractivity contribution is 0.488. The Balaban J connectivity index is 0.994. The fourth-order valence-corrected chi connectivity index (χ4v) is 9.05. The van der Waals surface area contributed by atoms with Crippen LogP contribution >= 0.6 is 0 Å². The molecule has 0 saturated carbocycles. The fourth-order valence-electron chi connectivity index (χ4n) is 9.05. The average Bonchev–Trinajstić information content (AvgIpc) is 3.77. The third-order valence-electron chi connectivity index (χ3n) is 11.5. The summed E-state index contributed by atoms with van der Waals surface area (Å²) in [5, 5.41) is 7.33. The number of para-hydroxylation sites is 3. The van der Waals surface area contributed by atoms with Gasteiger partial charge in [-0.3, -0.25) is 0 Å². The van der Waals surface area contributed by atoms with Crippen molar-refractivity contribution in [3.05, 3.63) is 194 Å². The maximum Gasteiger partial charge on any atom is 0.138 e. The van der Waals surface area contributed by atoms with Gasteiger partial charge in [-0.1, -0.05) is 127 Å². The Morgan fingerprint density at radius 2 is 0.873 bits per heavy atom. The Morgan fingerprint density at radius 1 is 0.291 bits per heavy atom. The van der Waals surface area contributed by atoms with Crippen LogP contribution < -0.4 is 4.74 Å². The zero-order valence-corrected chi connectivity index (χ0v) is 29.8. The number of aromatic nitrogens is 2. The Kier molecular flexibility index (Phi) is 6.34. The van der Waals surface area contributed by atoms with Crippen LogP contribution in [0.1, 0.15) is 0 Å². The lowest BCUT2D eigenvalue weighted by Crippen LogP contribution is -1.99. The lowest BCUT2D eigenvalue weighted by Gasteiger charge is -2.23. The Hall–Kier alpha value is -7.36. The van der Waals surface area contributed by atoms with Crippen LogP contribution in [0, 0.1) is 0 Å². The summed E-state index contributed by atoms with van der Waals surface area (Å²) >= 11 is 0. The van der Waals surface area contributed by atoms with Gasteiger partial charge in [0.15, 0.2) is 0 Å². The van der Waals surface area contributed by atoms with E-state index in [0.29, 0.717) is 0 Å². The standard InChI is InChI=1S/C52H32N2O/c1-3-12-33(13-4-1)34-22-26-38(27-23-34)53-45-20-9-7-16-39(45)44-30-35(25-29-47(44)53)36-24-28-40-41-18-11-19-43-51-42-17-8-10-21-46(42)54(37-14-5-2-6-15-37)48(51)32-50(52(41)43)55-49(40)31-36/h1-32H. The monoisotopic (exact) mass is 700 g/mol. The van der Waals surface area contributed by atoms with E-state index < -0.39 is 0 Å². The van der Waals surface area contributed by atoms with E-state index in [-0.39, 0.29) is 0 Å². The topological polar surface area (TPSA) is 19.1 Å². The molecular weight excluding hydrogens is 669 g/mol. The molecule has 0 amide bonds. The first kappa shape index (κ1) is 30.1. The average molecular weight is 701 g/mol. The van der Waals surface area contributed by atoms with Gasteiger partial charge in [0.2, 0.25) is 0 Å². The SMILES string of the molecule is c1ccc(-c2ccc(-n3c4ccccc4c4cc(-c5ccc6c(c5)Oc5cc7c(c8cccc-6c58)c5ccccc5n7-c5ccccc5)ccc43)cc2)cc1. The molecule has 0 atom stereocenters. The summed E-state index contributed by atoms with van der Waals surface area (Å²) in [7, 11) is 0. The molecule has 3 heterocycles. The molecule has 1 aliphatic heterocycles. The van der Waals surface area contributed by atoms with E-state index in [9.17, 15) is 0 Å². The van der Waals surface area contributed by atoms with E-state index in [0.717, 1.165) is 50.5 Å². The summed E-state index contributed by atoms with van der Waals surface area (Å²) in [5.74, 6) is 1.76. The predicted molar refractivity (Wildman–Crippen MR) is 229 cm³/mol.